The van der Waals surface area contributed by atoms with Crippen molar-refractivity contribution in [2.24, 2.45) is 0 Å². The molecule has 0 heterocycles. The smallest absolute Gasteiger partial charge is 0.178 e. The predicted molar refractivity (Wildman–Crippen MR) is 150 cm³/mol. The van der Waals surface area contributed by atoms with Gasteiger partial charge >= 0.3 is 0 Å². The normalized spacial score (nSPS) is 12.1. The second-order valence-corrected chi connectivity index (χ2v) is 8.70. The molecule has 5 rings (SSSR count). The Morgan fingerprint density at radius 1 is 0.711 bits per heavy atom. The number of rotatable bonds is 4. The molecule has 1 aliphatic carbocycles. The molecular weight excluding hydrogens is 472 g/mol. The molecule has 0 spiro atoms. The number of allylic oxidation sites excluding steroid dienone is 5. The minimum absolute atomic E-state index is 0.0676. The van der Waals surface area contributed by atoms with Gasteiger partial charge in [-0.05, 0) is 94.6 Å². The van der Waals surface area contributed by atoms with Gasteiger partial charge < -0.3 is 14.9 Å². The highest BCUT2D eigenvalue weighted by atomic mass is 16.5. The molecule has 0 atom stereocenters. The highest BCUT2D eigenvalue weighted by Crippen LogP contribution is 2.39. The Bertz CT molecular complexity index is 1620. The van der Waals surface area contributed by atoms with Crippen molar-refractivity contribution in [3.63, 3.8) is 0 Å². The lowest BCUT2D eigenvalue weighted by Gasteiger charge is -2.19. The van der Waals surface area contributed by atoms with Crippen LogP contribution in [0.2, 0.25) is 0 Å². The molecule has 4 aromatic carbocycles. The van der Waals surface area contributed by atoms with Crippen LogP contribution in [0.1, 0.15) is 22.3 Å². The van der Waals surface area contributed by atoms with E-state index in [1.165, 1.54) is 0 Å². The molecule has 0 fully saturated rings. The lowest BCUT2D eigenvalue weighted by Crippen LogP contribution is -2.01. The number of hydrogen-bond donors (Lipinski definition) is 2. The zero-order valence-electron chi connectivity index (χ0n) is 20.7. The molecule has 4 heteroatoms. The van der Waals surface area contributed by atoms with Crippen LogP contribution in [-0.2, 0) is 4.79 Å². The van der Waals surface area contributed by atoms with E-state index >= 15 is 0 Å². The summed E-state index contributed by atoms with van der Waals surface area (Å²) in [6, 6.07) is 27.6. The molecule has 0 saturated carbocycles. The molecule has 2 N–H and O–H groups in total. The average Bonchev–Trinajstić information content (AvgIpc) is 2.95. The Morgan fingerprint density at radius 3 is 1.97 bits per heavy atom. The topological polar surface area (TPSA) is 66.8 Å². The number of methoxy groups -OCH3 is 1. The zero-order chi connectivity index (χ0) is 26.5. The van der Waals surface area contributed by atoms with Gasteiger partial charge in [-0.3, -0.25) is 4.79 Å². The van der Waals surface area contributed by atoms with Crippen molar-refractivity contribution in [1.29, 1.82) is 0 Å². The van der Waals surface area contributed by atoms with Gasteiger partial charge in [-0.1, -0.05) is 60.4 Å². The van der Waals surface area contributed by atoms with Crippen LogP contribution < -0.4 is 4.74 Å². The summed E-state index contributed by atoms with van der Waals surface area (Å²) in [7, 11) is 1.63. The second-order valence-electron chi connectivity index (χ2n) is 8.70. The van der Waals surface area contributed by atoms with Gasteiger partial charge in [-0.15, -0.1) is 0 Å². The van der Waals surface area contributed by atoms with E-state index in [1.54, 1.807) is 55.7 Å². The van der Waals surface area contributed by atoms with Crippen molar-refractivity contribution in [2.75, 3.05) is 7.11 Å². The second kappa shape index (κ2) is 10.8. The highest BCUT2D eigenvalue weighted by Gasteiger charge is 2.19. The van der Waals surface area contributed by atoms with Crippen LogP contribution in [0.4, 0.5) is 0 Å². The third kappa shape index (κ3) is 5.28. The van der Waals surface area contributed by atoms with Gasteiger partial charge in [0.1, 0.15) is 17.2 Å². The largest absolute Gasteiger partial charge is 0.508 e. The van der Waals surface area contributed by atoms with Crippen LogP contribution in [-0.4, -0.2) is 23.1 Å². The van der Waals surface area contributed by atoms with Gasteiger partial charge in [0.2, 0.25) is 0 Å². The first-order chi connectivity index (χ1) is 18.5. The zero-order valence-corrected chi connectivity index (χ0v) is 20.7. The Morgan fingerprint density at radius 2 is 1.34 bits per heavy atom. The van der Waals surface area contributed by atoms with Crippen LogP contribution in [0.15, 0.2) is 121 Å². The molecule has 0 saturated heterocycles. The predicted octanol–water partition coefficient (Wildman–Crippen LogP) is 6.67. The number of ketones is 1. The molecule has 0 radical (unpaired) electrons. The van der Waals surface area contributed by atoms with E-state index in [9.17, 15) is 15.0 Å². The number of benzene rings is 4. The van der Waals surface area contributed by atoms with Crippen molar-refractivity contribution in [3.05, 3.63) is 143 Å². The maximum Gasteiger partial charge on any atom is 0.178 e. The fourth-order valence-electron chi connectivity index (χ4n) is 4.33. The molecule has 0 aliphatic heterocycles. The van der Waals surface area contributed by atoms with Gasteiger partial charge in [0.25, 0.3) is 0 Å². The summed E-state index contributed by atoms with van der Waals surface area (Å²) in [5, 5.41) is 19.6. The Kier molecular flexibility index (Phi) is 6.93. The van der Waals surface area contributed by atoms with Gasteiger partial charge in [0.15, 0.2) is 5.78 Å². The Labute approximate surface area is 221 Å². The molecule has 38 heavy (non-hydrogen) atoms. The first kappa shape index (κ1) is 24.4. The Balaban J connectivity index is 1.80. The summed E-state index contributed by atoms with van der Waals surface area (Å²) in [4.78, 5) is 12.0. The quantitative estimate of drug-likeness (QED) is 0.310. The van der Waals surface area contributed by atoms with Gasteiger partial charge in [-0.25, -0.2) is 0 Å². The number of hydrogen-bond acceptors (Lipinski definition) is 4. The van der Waals surface area contributed by atoms with Gasteiger partial charge in [-0.2, -0.15) is 0 Å². The minimum Gasteiger partial charge on any atom is -0.508 e. The van der Waals surface area contributed by atoms with Crippen LogP contribution in [0.5, 0.6) is 17.2 Å². The summed E-state index contributed by atoms with van der Waals surface area (Å²) in [5.74, 6) is 7.59. The minimum atomic E-state index is -0.0676. The van der Waals surface area contributed by atoms with E-state index in [0.29, 0.717) is 0 Å². The maximum atomic E-state index is 12.0. The third-order valence-electron chi connectivity index (χ3n) is 6.22. The fraction of sp³-hybridized carbons (Fsp3) is 0.0294. The highest BCUT2D eigenvalue weighted by molar-refractivity contribution is 6.04. The standard InChI is InChI=1S/C34H24O4/c1-38-31-21-13-27(14-22-31)33(26-11-19-30(37)20-12-26)34-25(8-5-23-6-15-28(35)16-7-23)3-2-4-32(34)24-9-17-29(36)18-10-24/h2-4,6-7,9-22,35-36H,1H3. The van der Waals surface area contributed by atoms with Gasteiger partial charge in [0, 0.05) is 16.7 Å². The van der Waals surface area contributed by atoms with E-state index in [0.717, 1.165) is 50.3 Å². The van der Waals surface area contributed by atoms with Gasteiger partial charge in [0.05, 0.1) is 7.11 Å². The molecule has 1 aliphatic rings. The number of aromatic hydroxyl groups is 2. The number of phenols is 2. The first-order valence-corrected chi connectivity index (χ1v) is 12.0. The van der Waals surface area contributed by atoms with E-state index < -0.39 is 0 Å². The average molecular weight is 497 g/mol. The summed E-state index contributed by atoms with van der Waals surface area (Å²) in [6.45, 7) is 0. The van der Waals surface area contributed by atoms with Crippen LogP contribution >= 0.6 is 0 Å². The molecule has 4 aromatic rings. The number of carbonyl (C=O) groups is 1. The summed E-state index contributed by atoms with van der Waals surface area (Å²) in [5.41, 5.74) is 7.01. The third-order valence-corrected chi connectivity index (χ3v) is 6.22. The number of phenolic OH excluding ortho intramolecular Hbond substituents is 2. The van der Waals surface area contributed by atoms with Crippen LogP contribution in [0.25, 0.3) is 16.7 Å². The molecule has 0 aromatic heterocycles. The summed E-state index contributed by atoms with van der Waals surface area (Å²) >= 11 is 0. The molecule has 0 unspecified atom stereocenters. The first-order valence-electron chi connectivity index (χ1n) is 12.0. The van der Waals surface area contributed by atoms with Crippen LogP contribution in [0.3, 0.4) is 0 Å². The lowest BCUT2D eigenvalue weighted by atomic mass is 9.83. The summed E-state index contributed by atoms with van der Waals surface area (Å²) < 4.78 is 5.39. The van der Waals surface area contributed by atoms with E-state index in [-0.39, 0.29) is 17.3 Å². The van der Waals surface area contributed by atoms with E-state index in [2.05, 4.69) is 11.8 Å². The molecule has 0 amide bonds. The number of carbonyl (C=O) groups excluding carboxylic acids is 1. The van der Waals surface area contributed by atoms with Crippen LogP contribution in [0, 0.1) is 11.8 Å². The summed E-state index contributed by atoms with van der Waals surface area (Å²) in [6.07, 6.45) is 6.77. The molecular formula is C34H24O4. The molecule has 4 nitrogen and oxygen atoms in total. The monoisotopic (exact) mass is 496 g/mol. The fourth-order valence-corrected chi connectivity index (χ4v) is 4.33. The SMILES string of the molecule is COc1ccc(C(=C2C=CC(=O)C=C2)c2c(C#Cc3ccc(O)cc3)cccc2-c2ccc(O)cc2)cc1. The Hall–Kier alpha value is -5.27. The van der Waals surface area contributed by atoms with E-state index in [1.807, 2.05) is 66.7 Å². The molecule has 0 bridgehead atoms. The maximum absolute atomic E-state index is 12.0. The number of ether oxygens (including phenoxy) is 1. The molecule has 184 valence electrons. The van der Waals surface area contributed by atoms with Crippen molar-refractivity contribution in [1.82, 2.24) is 0 Å². The van der Waals surface area contributed by atoms with E-state index in [4.69, 9.17) is 4.74 Å². The van der Waals surface area contributed by atoms with Crippen molar-refractivity contribution >= 4 is 11.4 Å². The van der Waals surface area contributed by atoms with Crippen molar-refractivity contribution in [2.45, 2.75) is 0 Å². The van der Waals surface area contributed by atoms with Crippen molar-refractivity contribution < 1.29 is 19.7 Å². The lowest BCUT2D eigenvalue weighted by molar-refractivity contribution is -0.110. The van der Waals surface area contributed by atoms with Crippen molar-refractivity contribution in [3.8, 4) is 40.2 Å².